The van der Waals surface area contributed by atoms with E-state index in [0.717, 1.165) is 69.0 Å². The van der Waals surface area contributed by atoms with Crippen LogP contribution in [0.5, 0.6) is 0 Å². The molecule has 0 saturated carbocycles. The molecule has 0 unspecified atom stereocenters. The molecule has 8 heteroatoms. The first-order chi connectivity index (χ1) is 10.8. The lowest BCUT2D eigenvalue weighted by Crippen LogP contribution is -2.52. The highest BCUT2D eigenvalue weighted by Gasteiger charge is 2.21. The van der Waals surface area contributed by atoms with E-state index in [0.29, 0.717) is 0 Å². The maximum atomic E-state index is 4.73. The third-order valence-electron chi connectivity index (χ3n) is 3.73. The number of piperazine rings is 1. The Bertz CT molecular complexity index is 470. The molecular formula is C15H29IN6S. The van der Waals surface area contributed by atoms with Crippen molar-refractivity contribution in [2.45, 2.75) is 40.0 Å². The lowest BCUT2D eigenvalue weighted by atomic mass is 10.3. The molecular weight excluding hydrogens is 423 g/mol. The van der Waals surface area contributed by atoms with Gasteiger partial charge in [0.15, 0.2) is 5.96 Å². The summed E-state index contributed by atoms with van der Waals surface area (Å²) in [5.41, 5.74) is 0. The summed E-state index contributed by atoms with van der Waals surface area (Å²) in [7, 11) is 0. The number of hydrogen-bond acceptors (Lipinski definition) is 5. The summed E-state index contributed by atoms with van der Waals surface area (Å²) in [6.07, 6.45) is 3.25. The Labute approximate surface area is 160 Å². The van der Waals surface area contributed by atoms with Crippen LogP contribution in [0.1, 0.15) is 39.4 Å². The fourth-order valence-electron chi connectivity index (χ4n) is 2.40. The molecule has 1 aliphatic rings. The summed E-state index contributed by atoms with van der Waals surface area (Å²) >= 11 is 1.52. The van der Waals surface area contributed by atoms with Gasteiger partial charge in [0.1, 0.15) is 5.82 Å². The summed E-state index contributed by atoms with van der Waals surface area (Å²) < 4.78 is 4.38. The van der Waals surface area contributed by atoms with E-state index in [4.69, 9.17) is 4.99 Å². The zero-order valence-corrected chi connectivity index (χ0v) is 17.6. The van der Waals surface area contributed by atoms with Gasteiger partial charge in [0.25, 0.3) is 0 Å². The standard InChI is InChI=1S/C15H28N6S.HI/c1-4-7-8-17-14(16-6-3)20-9-11-21(12-10-20)15-18-13(5-2)19-22-15;/h4-12H2,1-3H3,(H,16,17);1H. The molecule has 1 N–H and O–H groups in total. The molecule has 2 heterocycles. The fourth-order valence-corrected chi connectivity index (χ4v) is 3.20. The molecule has 0 aliphatic carbocycles. The molecule has 0 spiro atoms. The number of unbranched alkanes of at least 4 members (excludes halogenated alkanes) is 1. The largest absolute Gasteiger partial charge is 0.357 e. The number of halogens is 1. The summed E-state index contributed by atoms with van der Waals surface area (Å²) in [6.45, 7) is 12.2. The van der Waals surface area contributed by atoms with Gasteiger partial charge in [-0.15, -0.1) is 24.0 Å². The van der Waals surface area contributed by atoms with Crippen LogP contribution in [0.15, 0.2) is 4.99 Å². The monoisotopic (exact) mass is 452 g/mol. The number of guanidine groups is 1. The molecule has 1 aromatic rings. The molecule has 6 nitrogen and oxygen atoms in total. The van der Waals surface area contributed by atoms with Crippen LogP contribution in [0.2, 0.25) is 0 Å². The number of aromatic nitrogens is 2. The molecule has 1 fully saturated rings. The van der Waals surface area contributed by atoms with Crippen molar-refractivity contribution in [2.24, 2.45) is 4.99 Å². The average molecular weight is 452 g/mol. The number of aryl methyl sites for hydroxylation is 1. The van der Waals surface area contributed by atoms with E-state index < -0.39 is 0 Å². The van der Waals surface area contributed by atoms with Gasteiger partial charge in [-0.25, -0.2) is 4.98 Å². The third-order valence-corrected chi connectivity index (χ3v) is 4.55. The second-order valence-electron chi connectivity index (χ2n) is 5.41. The van der Waals surface area contributed by atoms with Crippen molar-refractivity contribution in [1.82, 2.24) is 19.6 Å². The van der Waals surface area contributed by atoms with E-state index in [2.05, 4.69) is 45.2 Å². The molecule has 0 amide bonds. The van der Waals surface area contributed by atoms with Crippen LogP contribution in [-0.4, -0.2) is 59.5 Å². The minimum atomic E-state index is 0. The Morgan fingerprint density at radius 3 is 2.52 bits per heavy atom. The number of anilines is 1. The van der Waals surface area contributed by atoms with Crippen LogP contribution in [-0.2, 0) is 6.42 Å². The number of hydrogen-bond donors (Lipinski definition) is 1. The van der Waals surface area contributed by atoms with E-state index >= 15 is 0 Å². The number of nitrogens with one attached hydrogen (secondary N) is 1. The van der Waals surface area contributed by atoms with Crippen LogP contribution < -0.4 is 10.2 Å². The maximum Gasteiger partial charge on any atom is 0.205 e. The first-order valence-corrected chi connectivity index (χ1v) is 9.16. The van der Waals surface area contributed by atoms with Crippen LogP contribution in [0.25, 0.3) is 0 Å². The second kappa shape index (κ2) is 11.0. The first-order valence-electron chi connectivity index (χ1n) is 8.39. The topological polar surface area (TPSA) is 56.7 Å². The highest BCUT2D eigenvalue weighted by molar-refractivity contribution is 14.0. The van der Waals surface area contributed by atoms with Crippen molar-refractivity contribution in [2.75, 3.05) is 44.2 Å². The van der Waals surface area contributed by atoms with Gasteiger partial charge in [-0.2, -0.15) is 4.37 Å². The van der Waals surface area contributed by atoms with Gasteiger partial charge in [0, 0.05) is 57.2 Å². The Hall–Kier alpha value is -0.640. The molecule has 132 valence electrons. The van der Waals surface area contributed by atoms with Crippen molar-refractivity contribution in [3.05, 3.63) is 5.82 Å². The van der Waals surface area contributed by atoms with Crippen molar-refractivity contribution >= 4 is 46.6 Å². The second-order valence-corrected chi connectivity index (χ2v) is 6.14. The van der Waals surface area contributed by atoms with E-state index in [-0.39, 0.29) is 24.0 Å². The van der Waals surface area contributed by atoms with Gasteiger partial charge in [-0.05, 0) is 13.3 Å². The Balaban J connectivity index is 0.00000264. The molecule has 1 aliphatic heterocycles. The maximum absolute atomic E-state index is 4.73. The highest BCUT2D eigenvalue weighted by atomic mass is 127. The van der Waals surface area contributed by atoms with E-state index in [1.807, 2.05) is 0 Å². The Morgan fingerprint density at radius 2 is 1.96 bits per heavy atom. The number of aliphatic imine (C=N–C) groups is 1. The summed E-state index contributed by atoms with van der Waals surface area (Å²) in [4.78, 5) is 14.0. The van der Waals surface area contributed by atoms with Gasteiger partial charge in [0.05, 0.1) is 0 Å². The normalized spacial score (nSPS) is 15.5. The van der Waals surface area contributed by atoms with Gasteiger partial charge in [-0.3, -0.25) is 4.99 Å². The Kier molecular flexibility index (Phi) is 9.77. The van der Waals surface area contributed by atoms with Gasteiger partial charge >= 0.3 is 0 Å². The average Bonchev–Trinajstić information content (AvgIpc) is 3.03. The minimum absolute atomic E-state index is 0. The highest BCUT2D eigenvalue weighted by Crippen LogP contribution is 2.19. The summed E-state index contributed by atoms with van der Waals surface area (Å²) in [5.74, 6) is 2.01. The Morgan fingerprint density at radius 1 is 1.22 bits per heavy atom. The van der Waals surface area contributed by atoms with Crippen molar-refractivity contribution < 1.29 is 0 Å². The third kappa shape index (κ3) is 6.06. The first kappa shape index (κ1) is 20.4. The quantitative estimate of drug-likeness (QED) is 0.311. The van der Waals surface area contributed by atoms with Crippen molar-refractivity contribution in [3.8, 4) is 0 Å². The van der Waals surface area contributed by atoms with E-state index in [1.54, 1.807) is 0 Å². The zero-order chi connectivity index (χ0) is 15.8. The molecule has 23 heavy (non-hydrogen) atoms. The van der Waals surface area contributed by atoms with Crippen molar-refractivity contribution in [3.63, 3.8) is 0 Å². The lowest BCUT2D eigenvalue weighted by molar-refractivity contribution is 0.372. The zero-order valence-electron chi connectivity index (χ0n) is 14.4. The van der Waals surface area contributed by atoms with E-state index in [1.165, 1.54) is 18.0 Å². The molecule has 0 radical (unpaired) electrons. The van der Waals surface area contributed by atoms with Crippen LogP contribution in [0.3, 0.4) is 0 Å². The van der Waals surface area contributed by atoms with Crippen molar-refractivity contribution in [1.29, 1.82) is 0 Å². The van der Waals surface area contributed by atoms with Crippen LogP contribution in [0.4, 0.5) is 5.13 Å². The smallest absolute Gasteiger partial charge is 0.205 e. The molecule has 0 atom stereocenters. The molecule has 1 saturated heterocycles. The van der Waals surface area contributed by atoms with E-state index in [9.17, 15) is 0 Å². The summed E-state index contributed by atoms with van der Waals surface area (Å²) in [5, 5.41) is 4.47. The minimum Gasteiger partial charge on any atom is -0.357 e. The molecule has 0 bridgehead atoms. The number of nitrogens with zero attached hydrogens (tertiary/aromatic N) is 5. The fraction of sp³-hybridized carbons (Fsp3) is 0.800. The molecule has 0 aromatic carbocycles. The summed E-state index contributed by atoms with van der Waals surface area (Å²) in [6, 6.07) is 0. The molecule has 1 aromatic heterocycles. The SMILES string of the molecule is CCCCN=C(NCC)N1CCN(c2nc(CC)ns2)CC1.I. The van der Waals surface area contributed by atoms with Gasteiger partial charge in [-0.1, -0.05) is 20.3 Å². The van der Waals surface area contributed by atoms with Gasteiger partial charge < -0.3 is 15.1 Å². The van der Waals surface area contributed by atoms with Crippen LogP contribution >= 0.6 is 35.5 Å². The van der Waals surface area contributed by atoms with Gasteiger partial charge in [0.2, 0.25) is 5.13 Å². The molecule has 2 rings (SSSR count). The predicted octanol–water partition coefficient (Wildman–Crippen LogP) is 2.61. The van der Waals surface area contributed by atoms with Crippen LogP contribution in [0, 0.1) is 0 Å². The number of rotatable bonds is 6. The lowest BCUT2D eigenvalue weighted by Gasteiger charge is -2.36. The predicted molar refractivity (Wildman–Crippen MR) is 109 cm³/mol.